The number of anilines is 1. The van der Waals surface area contributed by atoms with E-state index in [0.717, 1.165) is 64.1 Å². The smallest absolute Gasteiger partial charge is 0.339 e. The Bertz CT molecular complexity index is 1290. The predicted molar refractivity (Wildman–Crippen MR) is 141 cm³/mol. The second-order valence-electron chi connectivity index (χ2n) is 10.6. The number of nitrogens with one attached hydrogen (secondary N) is 1. The monoisotopic (exact) mass is 563 g/mol. The van der Waals surface area contributed by atoms with E-state index in [2.05, 4.69) is 24.5 Å². The van der Waals surface area contributed by atoms with Gasteiger partial charge in [0.25, 0.3) is 0 Å². The van der Waals surface area contributed by atoms with Crippen LogP contribution in [0, 0.1) is 11.2 Å². The van der Waals surface area contributed by atoms with Crippen molar-refractivity contribution >= 4 is 21.8 Å². The highest BCUT2D eigenvalue weighted by Gasteiger charge is 2.46. The summed E-state index contributed by atoms with van der Waals surface area (Å²) in [6.45, 7) is 6.69. The van der Waals surface area contributed by atoms with Crippen LogP contribution >= 0.6 is 0 Å². The van der Waals surface area contributed by atoms with Gasteiger partial charge in [-0.05, 0) is 57.0 Å². The Morgan fingerprint density at radius 1 is 1.26 bits per heavy atom. The first-order chi connectivity index (χ1) is 18.7. The van der Waals surface area contributed by atoms with E-state index in [9.17, 15) is 22.7 Å². The maximum absolute atomic E-state index is 13.6. The number of ether oxygens (including phenoxy) is 2. The lowest BCUT2D eigenvalue weighted by Crippen LogP contribution is -2.61. The van der Waals surface area contributed by atoms with Crippen molar-refractivity contribution in [2.24, 2.45) is 5.41 Å². The van der Waals surface area contributed by atoms with Gasteiger partial charge in [0.15, 0.2) is 11.6 Å². The average Bonchev–Trinajstić information content (AvgIpc) is 2.89. The van der Waals surface area contributed by atoms with E-state index < -0.39 is 27.1 Å². The number of likely N-dealkylation sites (tertiary alicyclic amines) is 1. The molecule has 0 aliphatic carbocycles. The molecule has 3 aliphatic rings. The summed E-state index contributed by atoms with van der Waals surface area (Å²) in [5.74, 6) is -1.01. The van der Waals surface area contributed by atoms with Crippen LogP contribution in [0.5, 0.6) is 11.5 Å². The van der Waals surface area contributed by atoms with E-state index in [0.29, 0.717) is 24.5 Å². The number of aromatic carboxylic acids is 1. The van der Waals surface area contributed by atoms with Gasteiger partial charge in [-0.15, -0.1) is 0 Å². The number of halogens is 1. The van der Waals surface area contributed by atoms with E-state index in [4.69, 9.17) is 9.47 Å². The molecule has 2 unspecified atom stereocenters. The van der Waals surface area contributed by atoms with Crippen LogP contribution in [0.2, 0.25) is 0 Å². The molecule has 4 heterocycles. The summed E-state index contributed by atoms with van der Waals surface area (Å²) < 4.78 is 52.4. The summed E-state index contributed by atoms with van der Waals surface area (Å²) in [5.41, 5.74) is -0.104. The van der Waals surface area contributed by atoms with Crippen molar-refractivity contribution in [1.29, 1.82) is 0 Å². The van der Waals surface area contributed by atoms with Gasteiger partial charge >= 0.3 is 5.97 Å². The molecular formula is C26H34FN5O6S. The molecular weight excluding hydrogens is 529 g/mol. The average molecular weight is 564 g/mol. The Hall–Kier alpha value is -2.87. The zero-order chi connectivity index (χ0) is 27.6. The summed E-state index contributed by atoms with van der Waals surface area (Å²) >= 11 is 0. The number of carboxylic acid groups (broad SMARTS) is 1. The van der Waals surface area contributed by atoms with Gasteiger partial charge in [0.05, 0.1) is 24.2 Å². The van der Waals surface area contributed by atoms with Crippen molar-refractivity contribution in [2.45, 2.75) is 44.0 Å². The van der Waals surface area contributed by atoms with Crippen LogP contribution in [-0.2, 0) is 14.8 Å². The van der Waals surface area contributed by atoms with Crippen LogP contribution in [-0.4, -0.2) is 91.6 Å². The van der Waals surface area contributed by atoms with Gasteiger partial charge in [0.1, 0.15) is 23.5 Å². The lowest BCUT2D eigenvalue weighted by atomic mass is 9.72. The van der Waals surface area contributed by atoms with Crippen molar-refractivity contribution in [3.63, 3.8) is 0 Å². The van der Waals surface area contributed by atoms with Gasteiger partial charge in [-0.25, -0.2) is 32.3 Å². The fourth-order valence-electron chi connectivity index (χ4n) is 5.71. The summed E-state index contributed by atoms with van der Waals surface area (Å²) in [5, 5.41) is 8.95. The summed E-state index contributed by atoms with van der Waals surface area (Å²) in [7, 11) is -3.31. The van der Waals surface area contributed by atoms with Crippen LogP contribution < -0.4 is 14.4 Å². The Labute approximate surface area is 227 Å². The molecule has 3 saturated heterocycles. The van der Waals surface area contributed by atoms with Gasteiger partial charge in [-0.2, -0.15) is 0 Å². The number of rotatable bonds is 9. The zero-order valence-corrected chi connectivity index (χ0v) is 22.7. The first-order valence-corrected chi connectivity index (χ1v) is 14.8. The number of hydrogen-bond donors (Lipinski definition) is 2. The number of carbonyl (C=O) groups is 1. The largest absolute Gasteiger partial charge is 0.478 e. The van der Waals surface area contributed by atoms with Crippen LogP contribution in [0.1, 0.15) is 43.0 Å². The Morgan fingerprint density at radius 3 is 2.69 bits per heavy atom. The van der Waals surface area contributed by atoms with E-state index in [1.54, 1.807) is 6.92 Å². The molecule has 13 heteroatoms. The van der Waals surface area contributed by atoms with Crippen LogP contribution in [0.15, 0.2) is 30.7 Å². The van der Waals surface area contributed by atoms with Crippen LogP contribution in [0.3, 0.4) is 0 Å². The van der Waals surface area contributed by atoms with E-state index in [-0.39, 0.29) is 29.4 Å². The zero-order valence-electron chi connectivity index (χ0n) is 21.9. The lowest BCUT2D eigenvalue weighted by Gasteiger charge is -2.54. The molecule has 0 bridgehead atoms. The molecule has 1 spiro atoms. The highest BCUT2D eigenvalue weighted by atomic mass is 32.2. The first kappa shape index (κ1) is 27.7. The molecule has 2 aromatic rings. The molecule has 2 N–H and O–H groups in total. The summed E-state index contributed by atoms with van der Waals surface area (Å²) in [4.78, 5) is 24.5. The summed E-state index contributed by atoms with van der Waals surface area (Å²) in [6.07, 6.45) is 6.36. The molecule has 11 nitrogen and oxygen atoms in total. The van der Waals surface area contributed by atoms with Crippen LogP contribution in [0.25, 0.3) is 0 Å². The topological polar surface area (TPSA) is 134 Å². The first-order valence-electron chi connectivity index (χ1n) is 13.3. The number of carboxylic acids is 1. The molecule has 39 heavy (non-hydrogen) atoms. The Balaban J connectivity index is 1.13. The fourth-order valence-corrected chi connectivity index (χ4v) is 7.06. The van der Waals surface area contributed by atoms with E-state index >= 15 is 0 Å². The van der Waals surface area contributed by atoms with Crippen molar-refractivity contribution in [3.8, 4) is 11.5 Å². The molecule has 1 aromatic heterocycles. The summed E-state index contributed by atoms with van der Waals surface area (Å²) in [6, 6.07) is 3.37. The van der Waals surface area contributed by atoms with Gasteiger partial charge in [-0.3, -0.25) is 0 Å². The van der Waals surface area contributed by atoms with Crippen molar-refractivity contribution < 1.29 is 32.2 Å². The van der Waals surface area contributed by atoms with Gasteiger partial charge in [0, 0.05) is 31.6 Å². The fraction of sp³-hybridized carbons (Fsp3) is 0.577. The number of piperidine rings is 1. The Kier molecular flexibility index (Phi) is 8.04. The highest BCUT2D eigenvalue weighted by Crippen LogP contribution is 2.45. The van der Waals surface area contributed by atoms with E-state index in [1.165, 1.54) is 18.6 Å². The molecule has 0 amide bonds. The molecule has 3 aliphatic heterocycles. The van der Waals surface area contributed by atoms with Crippen LogP contribution in [0.4, 0.5) is 10.2 Å². The van der Waals surface area contributed by atoms with E-state index in [1.807, 2.05) is 0 Å². The number of benzene rings is 1. The molecule has 5 rings (SSSR count). The quantitative estimate of drug-likeness (QED) is 0.469. The lowest BCUT2D eigenvalue weighted by molar-refractivity contribution is -0.0194. The third-order valence-electron chi connectivity index (χ3n) is 7.89. The molecule has 2 atom stereocenters. The molecule has 0 radical (unpaired) electrons. The SMILES string of the molecule is CCNS(=O)(=O)C1CCC(CN2CCC3(CC2)CN(c2ncncc2Oc2ccc(F)cc2C(=O)O)C3)OC1. The van der Waals surface area contributed by atoms with Gasteiger partial charge in [0.2, 0.25) is 10.0 Å². The number of hydrogen-bond acceptors (Lipinski definition) is 9. The molecule has 1 aromatic carbocycles. The minimum Gasteiger partial charge on any atom is -0.478 e. The predicted octanol–water partition coefficient (Wildman–Crippen LogP) is 2.50. The minimum atomic E-state index is -3.31. The highest BCUT2D eigenvalue weighted by molar-refractivity contribution is 7.90. The number of nitrogens with zero attached hydrogens (tertiary/aromatic N) is 4. The van der Waals surface area contributed by atoms with Gasteiger partial charge < -0.3 is 24.4 Å². The maximum atomic E-state index is 13.6. The molecule has 0 saturated carbocycles. The normalized spacial score (nSPS) is 23.4. The van der Waals surface area contributed by atoms with Gasteiger partial charge in [-0.1, -0.05) is 6.92 Å². The van der Waals surface area contributed by atoms with Crippen molar-refractivity contribution in [3.05, 3.63) is 42.1 Å². The minimum absolute atomic E-state index is 0.0268. The standard InChI is InChI=1S/C26H34FN5O6S/c1-2-30-39(35,36)20-5-4-19(37-14-20)13-31-9-7-26(8-10-31)15-32(16-26)24-23(12-28-17-29-24)38-22-6-3-18(27)11-21(22)25(33)34/h3,6,11-12,17,19-20,30H,2,4-5,7-10,13-16H2,1H3,(H,33,34). The second-order valence-corrected chi connectivity index (χ2v) is 12.7. The number of sulfonamides is 1. The number of aromatic nitrogens is 2. The third kappa shape index (κ3) is 6.16. The maximum Gasteiger partial charge on any atom is 0.339 e. The van der Waals surface area contributed by atoms with Crippen molar-refractivity contribution in [1.82, 2.24) is 19.6 Å². The Morgan fingerprint density at radius 2 is 2.03 bits per heavy atom. The second kappa shape index (κ2) is 11.3. The third-order valence-corrected chi connectivity index (χ3v) is 9.83. The molecule has 212 valence electrons. The van der Waals surface area contributed by atoms with Crippen molar-refractivity contribution in [2.75, 3.05) is 50.8 Å². The molecule has 3 fully saturated rings.